The summed E-state index contributed by atoms with van der Waals surface area (Å²) in [4.78, 5) is 4.79. The molecule has 0 saturated carbocycles. The molecule has 0 N–H and O–H groups in total. The van der Waals surface area contributed by atoms with Gasteiger partial charge in [-0.05, 0) is 80.6 Å². The van der Waals surface area contributed by atoms with Gasteiger partial charge in [0.05, 0.1) is 21.8 Å². The molecule has 7 rings (SSSR count). The lowest BCUT2D eigenvalue weighted by molar-refractivity contribution is 1.48. The van der Waals surface area contributed by atoms with Crippen LogP contribution in [0.15, 0.2) is 133 Å². The number of fused-ring (bicyclic) bond motifs is 2. The first kappa shape index (κ1) is 23.1. The first-order valence-electron chi connectivity index (χ1n) is 12.8. The third-order valence-corrected chi connectivity index (χ3v) is 8.25. The molecule has 0 atom stereocenters. The summed E-state index contributed by atoms with van der Waals surface area (Å²) >= 11 is 1.73. The zero-order valence-electron chi connectivity index (χ0n) is 21.0. The normalized spacial score (nSPS) is 11.1. The average molecular weight is 515 g/mol. The highest BCUT2D eigenvalue weighted by Crippen LogP contribution is 2.33. The Labute approximate surface area is 231 Å². The van der Waals surface area contributed by atoms with Crippen molar-refractivity contribution >= 4 is 32.3 Å². The monoisotopic (exact) mass is 514 g/mol. The van der Waals surface area contributed by atoms with Gasteiger partial charge in [0.1, 0.15) is 5.01 Å². The maximum absolute atomic E-state index is 9.03. The Kier molecular flexibility index (Phi) is 5.74. The molecule has 0 saturated heterocycles. The van der Waals surface area contributed by atoms with E-state index >= 15 is 0 Å². The number of aromatic nitrogens is 1. The Morgan fingerprint density at radius 2 is 0.949 bits per heavy atom. The molecular weight excluding hydrogens is 492 g/mol. The van der Waals surface area contributed by atoms with Crippen molar-refractivity contribution in [1.29, 1.82) is 5.26 Å². The van der Waals surface area contributed by atoms with Crippen LogP contribution >= 0.6 is 11.3 Å². The molecule has 0 aliphatic rings. The van der Waals surface area contributed by atoms with E-state index in [0.29, 0.717) is 5.56 Å². The minimum atomic E-state index is 0.677. The molecule has 0 unspecified atom stereocenters. The molecule has 2 nitrogen and oxygen atoms in total. The highest BCUT2D eigenvalue weighted by molar-refractivity contribution is 7.21. The third-order valence-electron chi connectivity index (χ3n) is 7.16. The standard InChI is InChI=1S/C36H22N2S/c37-23-24-5-7-25(8-6-24)26-9-11-27(12-10-26)30-17-19-33-22-31(18-20-32(33)21-30)28-13-15-29(16-14-28)36-38-34-3-1-2-4-35(34)39-36/h1-22H. The fourth-order valence-corrected chi connectivity index (χ4v) is 5.97. The topological polar surface area (TPSA) is 36.7 Å². The van der Waals surface area contributed by atoms with E-state index < -0.39 is 0 Å². The Morgan fingerprint density at radius 1 is 0.487 bits per heavy atom. The number of thiazole rings is 1. The van der Waals surface area contributed by atoms with Crippen LogP contribution in [-0.2, 0) is 0 Å². The summed E-state index contributed by atoms with van der Waals surface area (Å²) in [7, 11) is 0. The minimum Gasteiger partial charge on any atom is -0.236 e. The number of para-hydroxylation sites is 1. The van der Waals surface area contributed by atoms with Gasteiger partial charge >= 0.3 is 0 Å². The van der Waals surface area contributed by atoms with Crippen molar-refractivity contribution in [1.82, 2.24) is 4.98 Å². The summed E-state index contributed by atoms with van der Waals surface area (Å²) in [6.07, 6.45) is 0. The number of nitrogens with zero attached hydrogens (tertiary/aromatic N) is 2. The van der Waals surface area contributed by atoms with Crippen LogP contribution in [0, 0.1) is 11.3 Å². The number of hydrogen-bond acceptors (Lipinski definition) is 3. The van der Waals surface area contributed by atoms with Crippen molar-refractivity contribution in [2.45, 2.75) is 0 Å². The van der Waals surface area contributed by atoms with Gasteiger partial charge in [-0.15, -0.1) is 11.3 Å². The lowest BCUT2D eigenvalue weighted by Gasteiger charge is -2.09. The van der Waals surface area contributed by atoms with Gasteiger partial charge in [-0.2, -0.15) is 5.26 Å². The van der Waals surface area contributed by atoms with Crippen molar-refractivity contribution in [3.63, 3.8) is 0 Å². The number of rotatable bonds is 4. The van der Waals surface area contributed by atoms with Crippen LogP contribution in [0.2, 0.25) is 0 Å². The summed E-state index contributed by atoms with van der Waals surface area (Å²) in [6.45, 7) is 0. The van der Waals surface area contributed by atoms with E-state index in [0.717, 1.165) is 27.2 Å². The van der Waals surface area contributed by atoms with Crippen LogP contribution in [0.5, 0.6) is 0 Å². The number of hydrogen-bond donors (Lipinski definition) is 0. The van der Waals surface area contributed by atoms with E-state index in [1.165, 1.54) is 37.7 Å². The molecular formula is C36H22N2S. The summed E-state index contributed by atoms with van der Waals surface area (Å²) in [5, 5.41) is 12.5. The highest BCUT2D eigenvalue weighted by Gasteiger charge is 2.08. The largest absolute Gasteiger partial charge is 0.236 e. The average Bonchev–Trinajstić information content (AvgIpc) is 3.45. The van der Waals surface area contributed by atoms with Gasteiger partial charge in [-0.25, -0.2) is 4.98 Å². The molecule has 6 aromatic carbocycles. The quantitative estimate of drug-likeness (QED) is 0.234. The van der Waals surface area contributed by atoms with Crippen LogP contribution < -0.4 is 0 Å². The van der Waals surface area contributed by atoms with Gasteiger partial charge < -0.3 is 0 Å². The number of benzene rings is 6. The van der Waals surface area contributed by atoms with Crippen LogP contribution in [0.25, 0.3) is 64.9 Å². The molecule has 3 heteroatoms. The van der Waals surface area contributed by atoms with Gasteiger partial charge in [-0.3, -0.25) is 0 Å². The first-order valence-corrected chi connectivity index (χ1v) is 13.7. The fourth-order valence-electron chi connectivity index (χ4n) is 5.00. The molecule has 0 aliphatic heterocycles. The lowest BCUT2D eigenvalue weighted by Crippen LogP contribution is -1.83. The lowest BCUT2D eigenvalue weighted by atomic mass is 9.96. The van der Waals surface area contributed by atoms with Gasteiger partial charge in [0.15, 0.2) is 0 Å². The second-order valence-electron chi connectivity index (χ2n) is 9.61. The summed E-state index contributed by atoms with van der Waals surface area (Å²) < 4.78 is 1.22. The van der Waals surface area contributed by atoms with E-state index in [9.17, 15) is 0 Å². The van der Waals surface area contributed by atoms with Gasteiger partial charge in [-0.1, -0.05) is 97.1 Å². The SMILES string of the molecule is N#Cc1ccc(-c2ccc(-c3ccc4cc(-c5ccc(-c6nc7ccccc7s6)cc5)ccc4c3)cc2)cc1. The molecule has 182 valence electrons. The second-order valence-corrected chi connectivity index (χ2v) is 10.6. The predicted molar refractivity (Wildman–Crippen MR) is 164 cm³/mol. The fraction of sp³-hybridized carbons (Fsp3) is 0. The van der Waals surface area contributed by atoms with Gasteiger partial charge in [0.2, 0.25) is 0 Å². The van der Waals surface area contributed by atoms with Crippen LogP contribution in [0.3, 0.4) is 0 Å². The van der Waals surface area contributed by atoms with Gasteiger partial charge in [0, 0.05) is 5.56 Å². The molecule has 1 heterocycles. The number of nitriles is 1. The maximum Gasteiger partial charge on any atom is 0.124 e. The first-order chi connectivity index (χ1) is 19.2. The van der Waals surface area contributed by atoms with E-state index in [4.69, 9.17) is 10.2 Å². The molecule has 0 spiro atoms. The van der Waals surface area contributed by atoms with Crippen molar-refractivity contribution in [2.24, 2.45) is 0 Å². The minimum absolute atomic E-state index is 0.677. The molecule has 0 fully saturated rings. The molecule has 7 aromatic rings. The Morgan fingerprint density at radius 3 is 1.49 bits per heavy atom. The molecule has 39 heavy (non-hydrogen) atoms. The Balaban J connectivity index is 1.13. The molecule has 0 bridgehead atoms. The van der Waals surface area contributed by atoms with Crippen molar-refractivity contribution in [2.75, 3.05) is 0 Å². The Bertz CT molecular complexity index is 1960. The molecule has 0 amide bonds. The van der Waals surface area contributed by atoms with E-state index in [2.05, 4.69) is 109 Å². The maximum atomic E-state index is 9.03. The smallest absolute Gasteiger partial charge is 0.124 e. The van der Waals surface area contributed by atoms with E-state index in [-0.39, 0.29) is 0 Å². The zero-order valence-corrected chi connectivity index (χ0v) is 21.8. The van der Waals surface area contributed by atoms with Crippen LogP contribution in [0.1, 0.15) is 5.56 Å². The van der Waals surface area contributed by atoms with Gasteiger partial charge in [0.25, 0.3) is 0 Å². The summed E-state index contributed by atoms with van der Waals surface area (Å²) in [5.41, 5.74) is 9.92. The van der Waals surface area contributed by atoms with E-state index in [1.807, 2.05) is 30.3 Å². The third kappa shape index (κ3) is 4.48. The van der Waals surface area contributed by atoms with Crippen molar-refractivity contribution in [3.8, 4) is 50.0 Å². The van der Waals surface area contributed by atoms with E-state index in [1.54, 1.807) is 11.3 Å². The van der Waals surface area contributed by atoms with Crippen molar-refractivity contribution < 1.29 is 0 Å². The predicted octanol–water partition coefficient (Wildman–Crippen LogP) is 9.99. The highest BCUT2D eigenvalue weighted by atomic mass is 32.1. The molecule has 1 aromatic heterocycles. The summed E-state index contributed by atoms with van der Waals surface area (Å²) in [5.74, 6) is 0. The van der Waals surface area contributed by atoms with Crippen molar-refractivity contribution in [3.05, 3.63) is 139 Å². The molecule has 0 radical (unpaired) electrons. The second kappa shape index (κ2) is 9.68. The van der Waals surface area contributed by atoms with Crippen LogP contribution in [0.4, 0.5) is 0 Å². The Hall–Kier alpha value is -5.04. The molecule has 0 aliphatic carbocycles. The van der Waals surface area contributed by atoms with Crippen LogP contribution in [-0.4, -0.2) is 4.98 Å². The summed E-state index contributed by atoms with van der Waals surface area (Å²) in [6, 6.07) is 48.8. The zero-order chi connectivity index (χ0) is 26.2.